The summed E-state index contributed by atoms with van der Waals surface area (Å²) in [5.74, 6) is 2.49. The molecular weight excluding hydrogens is 402 g/mol. The van der Waals surface area contributed by atoms with Gasteiger partial charge in [0.25, 0.3) is 0 Å². The topological polar surface area (TPSA) is 63.9 Å². The minimum absolute atomic E-state index is 0.634. The second-order valence-corrected chi connectivity index (χ2v) is 7.87. The lowest BCUT2D eigenvalue weighted by molar-refractivity contribution is 0.346. The van der Waals surface area contributed by atoms with Crippen LogP contribution in [0.2, 0.25) is 0 Å². The number of methoxy groups -OCH3 is 2. The molecule has 3 aromatic rings. The second-order valence-electron chi connectivity index (χ2n) is 7.87. The maximum atomic E-state index is 5.50. The Bertz CT molecular complexity index is 1060. The van der Waals surface area contributed by atoms with Crippen LogP contribution in [0.3, 0.4) is 0 Å². The Morgan fingerprint density at radius 2 is 1.88 bits per heavy atom. The Hall–Kier alpha value is -3.48. The smallest absolute Gasteiger partial charge is 0.194 e. The summed E-state index contributed by atoms with van der Waals surface area (Å²) in [5, 5.41) is 3.46. The first-order chi connectivity index (χ1) is 15.7. The van der Waals surface area contributed by atoms with E-state index in [4.69, 9.17) is 14.5 Å². The van der Waals surface area contributed by atoms with Crippen LogP contribution in [0.5, 0.6) is 11.5 Å². The first-order valence-corrected chi connectivity index (χ1v) is 11.0. The number of rotatable bonds is 7. The highest BCUT2D eigenvalue weighted by atomic mass is 16.5. The maximum Gasteiger partial charge on any atom is 0.194 e. The van der Waals surface area contributed by atoms with Crippen LogP contribution < -0.4 is 14.8 Å². The lowest BCUT2D eigenvalue weighted by Gasteiger charge is -2.32. The molecule has 0 fully saturated rings. The SMILES string of the molecule is CCNC(=NCc1cccc(Cn2ccnc2)c1)N1CCc2cc(OC)c(OC)cc2C1. The molecule has 1 aliphatic heterocycles. The van der Waals surface area contributed by atoms with Gasteiger partial charge in [0, 0.05) is 38.6 Å². The van der Waals surface area contributed by atoms with Crippen molar-refractivity contribution in [3.63, 3.8) is 0 Å². The van der Waals surface area contributed by atoms with E-state index in [2.05, 4.69) is 63.1 Å². The molecule has 1 aromatic heterocycles. The van der Waals surface area contributed by atoms with Crippen molar-refractivity contribution in [3.8, 4) is 11.5 Å². The molecule has 1 N–H and O–H groups in total. The number of guanidine groups is 1. The van der Waals surface area contributed by atoms with Gasteiger partial charge in [-0.1, -0.05) is 24.3 Å². The van der Waals surface area contributed by atoms with Crippen LogP contribution in [-0.2, 0) is 26.1 Å². The quantitative estimate of drug-likeness (QED) is 0.457. The van der Waals surface area contributed by atoms with E-state index < -0.39 is 0 Å². The highest BCUT2D eigenvalue weighted by Gasteiger charge is 2.21. The van der Waals surface area contributed by atoms with E-state index in [1.54, 1.807) is 20.4 Å². The summed E-state index contributed by atoms with van der Waals surface area (Å²) >= 11 is 0. The number of imidazole rings is 1. The summed E-state index contributed by atoms with van der Waals surface area (Å²) in [6.45, 7) is 6.08. The van der Waals surface area contributed by atoms with Crippen molar-refractivity contribution in [1.82, 2.24) is 19.8 Å². The molecule has 0 saturated heterocycles. The minimum Gasteiger partial charge on any atom is -0.493 e. The molecule has 0 aliphatic carbocycles. The molecule has 0 atom stereocenters. The molecule has 32 heavy (non-hydrogen) atoms. The summed E-state index contributed by atoms with van der Waals surface area (Å²) in [6, 6.07) is 12.8. The number of nitrogens with one attached hydrogen (secondary N) is 1. The van der Waals surface area contributed by atoms with E-state index in [0.29, 0.717) is 6.54 Å². The number of ether oxygens (including phenoxy) is 2. The number of hydrogen-bond donors (Lipinski definition) is 1. The predicted octanol–water partition coefficient (Wildman–Crippen LogP) is 3.47. The number of hydrogen-bond acceptors (Lipinski definition) is 4. The fourth-order valence-electron chi connectivity index (χ4n) is 4.07. The van der Waals surface area contributed by atoms with Gasteiger partial charge >= 0.3 is 0 Å². The third kappa shape index (κ3) is 5.04. The van der Waals surface area contributed by atoms with Gasteiger partial charge in [0.15, 0.2) is 17.5 Å². The van der Waals surface area contributed by atoms with Gasteiger partial charge < -0.3 is 24.3 Å². The van der Waals surface area contributed by atoms with E-state index in [1.807, 2.05) is 12.5 Å². The second kappa shape index (κ2) is 10.2. The predicted molar refractivity (Wildman–Crippen MR) is 126 cm³/mol. The monoisotopic (exact) mass is 433 g/mol. The molecule has 0 radical (unpaired) electrons. The summed E-state index contributed by atoms with van der Waals surface area (Å²) in [7, 11) is 3.36. The number of fused-ring (bicyclic) bond motifs is 1. The largest absolute Gasteiger partial charge is 0.493 e. The molecular formula is C25H31N5O2. The van der Waals surface area contributed by atoms with Gasteiger partial charge in [-0.2, -0.15) is 0 Å². The van der Waals surface area contributed by atoms with Crippen LogP contribution in [0.4, 0.5) is 0 Å². The maximum absolute atomic E-state index is 5.50. The molecule has 0 unspecified atom stereocenters. The molecule has 168 valence electrons. The molecule has 1 aliphatic rings. The lowest BCUT2D eigenvalue weighted by atomic mass is 9.99. The van der Waals surface area contributed by atoms with E-state index >= 15 is 0 Å². The van der Waals surface area contributed by atoms with Crippen LogP contribution in [0.25, 0.3) is 0 Å². The summed E-state index contributed by atoms with van der Waals surface area (Å²) in [4.78, 5) is 11.4. The fraction of sp³-hybridized carbons (Fsp3) is 0.360. The van der Waals surface area contributed by atoms with Gasteiger partial charge in [0.2, 0.25) is 0 Å². The van der Waals surface area contributed by atoms with Crippen molar-refractivity contribution in [2.75, 3.05) is 27.3 Å². The van der Waals surface area contributed by atoms with Gasteiger partial charge in [-0.3, -0.25) is 0 Å². The molecule has 0 spiro atoms. The van der Waals surface area contributed by atoms with Crippen LogP contribution in [0.15, 0.2) is 60.1 Å². The zero-order valence-electron chi connectivity index (χ0n) is 19.0. The van der Waals surface area contributed by atoms with Crippen molar-refractivity contribution in [3.05, 3.63) is 77.4 Å². The van der Waals surface area contributed by atoms with E-state index in [9.17, 15) is 0 Å². The van der Waals surface area contributed by atoms with Crippen molar-refractivity contribution in [1.29, 1.82) is 0 Å². The van der Waals surface area contributed by atoms with Crippen molar-refractivity contribution in [2.45, 2.75) is 33.0 Å². The fourth-order valence-corrected chi connectivity index (χ4v) is 4.07. The Balaban J connectivity index is 1.49. The van der Waals surface area contributed by atoms with Crippen LogP contribution in [0.1, 0.15) is 29.2 Å². The normalized spacial score (nSPS) is 13.6. The Morgan fingerprint density at radius 1 is 1.09 bits per heavy atom. The number of aliphatic imine (C=N–C) groups is 1. The van der Waals surface area contributed by atoms with Gasteiger partial charge in [0.05, 0.1) is 27.1 Å². The van der Waals surface area contributed by atoms with E-state index in [-0.39, 0.29) is 0 Å². The molecule has 0 bridgehead atoms. The molecule has 0 amide bonds. The van der Waals surface area contributed by atoms with Crippen molar-refractivity contribution >= 4 is 5.96 Å². The summed E-state index contributed by atoms with van der Waals surface area (Å²) < 4.78 is 13.0. The third-order valence-electron chi connectivity index (χ3n) is 5.68. The Labute approximate surface area is 189 Å². The molecule has 2 heterocycles. The molecule has 7 heteroatoms. The first kappa shape index (κ1) is 21.7. The average molecular weight is 434 g/mol. The molecule has 0 saturated carbocycles. The standard InChI is InChI=1S/C25H31N5O2/c1-4-27-25(28-15-19-6-5-7-20(12-19)16-29-11-9-26-18-29)30-10-8-21-13-23(31-2)24(32-3)14-22(21)17-30/h5-7,9,11-14,18H,4,8,10,15-17H2,1-3H3,(H,27,28). The summed E-state index contributed by atoms with van der Waals surface area (Å²) in [5.41, 5.74) is 5.00. The first-order valence-electron chi connectivity index (χ1n) is 11.0. The number of nitrogens with zero attached hydrogens (tertiary/aromatic N) is 4. The molecule has 7 nitrogen and oxygen atoms in total. The number of benzene rings is 2. The zero-order chi connectivity index (χ0) is 22.3. The van der Waals surface area contributed by atoms with Crippen molar-refractivity contribution in [2.24, 2.45) is 4.99 Å². The summed E-state index contributed by atoms with van der Waals surface area (Å²) in [6.07, 6.45) is 6.57. The van der Waals surface area contributed by atoms with Gasteiger partial charge in [-0.05, 0) is 47.7 Å². The Morgan fingerprint density at radius 3 is 2.59 bits per heavy atom. The van der Waals surface area contributed by atoms with Crippen LogP contribution >= 0.6 is 0 Å². The lowest BCUT2D eigenvalue weighted by Crippen LogP contribution is -2.44. The molecule has 4 rings (SSSR count). The van der Waals surface area contributed by atoms with Crippen molar-refractivity contribution < 1.29 is 9.47 Å². The van der Waals surface area contributed by atoms with E-state index in [0.717, 1.165) is 50.1 Å². The highest BCUT2D eigenvalue weighted by Crippen LogP contribution is 2.33. The average Bonchev–Trinajstić information content (AvgIpc) is 3.33. The zero-order valence-corrected chi connectivity index (χ0v) is 19.0. The number of aromatic nitrogens is 2. The van der Waals surface area contributed by atoms with Crippen LogP contribution in [-0.4, -0.2) is 47.7 Å². The third-order valence-corrected chi connectivity index (χ3v) is 5.68. The van der Waals surface area contributed by atoms with Gasteiger partial charge in [-0.15, -0.1) is 0 Å². The van der Waals surface area contributed by atoms with E-state index in [1.165, 1.54) is 22.3 Å². The van der Waals surface area contributed by atoms with Crippen LogP contribution in [0, 0.1) is 0 Å². The highest BCUT2D eigenvalue weighted by molar-refractivity contribution is 5.80. The van der Waals surface area contributed by atoms with Gasteiger partial charge in [0.1, 0.15) is 0 Å². The Kier molecular flexibility index (Phi) is 6.94. The molecule has 2 aromatic carbocycles. The van der Waals surface area contributed by atoms with Gasteiger partial charge in [-0.25, -0.2) is 9.98 Å². The minimum atomic E-state index is 0.634.